The molecule has 0 spiro atoms. The van der Waals surface area contributed by atoms with E-state index >= 15 is 0 Å². The van der Waals surface area contributed by atoms with Crippen LogP contribution in [0.3, 0.4) is 0 Å². The van der Waals surface area contributed by atoms with Crippen LogP contribution in [0.25, 0.3) is 0 Å². The molecule has 1 aromatic carbocycles. The van der Waals surface area contributed by atoms with Gasteiger partial charge < -0.3 is 20.3 Å². The largest absolute Gasteiger partial charge is 0.378 e. The van der Waals surface area contributed by atoms with Crippen LogP contribution in [-0.2, 0) is 14.3 Å². The number of hydrogen-bond donors (Lipinski definition) is 2. The highest BCUT2D eigenvalue weighted by Gasteiger charge is 2.26. The average Bonchev–Trinajstić information content (AvgIpc) is 2.71. The smallest absolute Gasteiger partial charge is 0.251 e. The second-order valence-electron chi connectivity index (χ2n) is 7.48. The molecule has 1 heterocycles. The number of Topliss-reactive ketones (excluding diaryl/α,β-unsaturated/α-hetero) is 1. The van der Waals surface area contributed by atoms with E-state index < -0.39 is 23.8 Å². The number of nitriles is 1. The molecule has 1 saturated heterocycles. The Labute approximate surface area is 171 Å². The van der Waals surface area contributed by atoms with E-state index in [0.29, 0.717) is 25.2 Å². The molecule has 8 nitrogen and oxygen atoms in total. The first kappa shape index (κ1) is 22.4. The van der Waals surface area contributed by atoms with E-state index in [1.54, 1.807) is 18.2 Å². The summed E-state index contributed by atoms with van der Waals surface area (Å²) in [7, 11) is 0. The molecule has 1 aliphatic heterocycles. The molecule has 1 unspecified atom stereocenters. The van der Waals surface area contributed by atoms with E-state index in [-0.39, 0.29) is 11.8 Å². The minimum Gasteiger partial charge on any atom is -0.378 e. The Morgan fingerprint density at radius 2 is 1.76 bits per heavy atom. The lowest BCUT2D eigenvalue weighted by Crippen LogP contribution is -2.51. The van der Waals surface area contributed by atoms with E-state index in [1.807, 2.05) is 26.0 Å². The molecule has 0 saturated carbocycles. The van der Waals surface area contributed by atoms with Gasteiger partial charge >= 0.3 is 0 Å². The fourth-order valence-corrected chi connectivity index (χ4v) is 3.06. The van der Waals surface area contributed by atoms with Gasteiger partial charge in [0.25, 0.3) is 5.91 Å². The molecular formula is C21H28N4O4. The Bertz CT molecular complexity index is 764. The highest BCUT2D eigenvalue weighted by atomic mass is 16.5. The number of ether oxygens (including phenoxy) is 1. The third-order valence-electron chi connectivity index (χ3n) is 4.66. The van der Waals surface area contributed by atoms with Gasteiger partial charge in [-0.05, 0) is 43.5 Å². The molecule has 29 heavy (non-hydrogen) atoms. The third kappa shape index (κ3) is 6.57. The second kappa shape index (κ2) is 10.6. The Morgan fingerprint density at radius 3 is 2.28 bits per heavy atom. The van der Waals surface area contributed by atoms with Crippen LogP contribution < -0.4 is 15.5 Å². The summed E-state index contributed by atoms with van der Waals surface area (Å²) in [6, 6.07) is 6.89. The summed E-state index contributed by atoms with van der Waals surface area (Å²) in [6.45, 7) is 8.06. The maximum Gasteiger partial charge on any atom is 0.251 e. The molecule has 0 aromatic heterocycles. The SMILES string of the molecule is CC(=O)[C@H](C#N)NC(=O)C(CC(C)C)NC(=O)c1ccc(N2CCOCC2)cc1. The number of carbonyl (C=O) groups is 3. The summed E-state index contributed by atoms with van der Waals surface area (Å²) < 4.78 is 5.35. The van der Waals surface area contributed by atoms with Gasteiger partial charge in [-0.25, -0.2) is 0 Å². The van der Waals surface area contributed by atoms with Crippen LogP contribution in [0.5, 0.6) is 0 Å². The van der Waals surface area contributed by atoms with Crippen molar-refractivity contribution in [3.05, 3.63) is 29.8 Å². The highest BCUT2D eigenvalue weighted by molar-refractivity contribution is 5.98. The molecule has 0 aliphatic carbocycles. The third-order valence-corrected chi connectivity index (χ3v) is 4.66. The Hall–Kier alpha value is -2.92. The Kier molecular flexibility index (Phi) is 8.16. The molecule has 1 aromatic rings. The van der Waals surface area contributed by atoms with E-state index in [0.717, 1.165) is 18.8 Å². The van der Waals surface area contributed by atoms with Crippen LogP contribution in [0.1, 0.15) is 37.6 Å². The van der Waals surface area contributed by atoms with E-state index in [9.17, 15) is 14.4 Å². The highest BCUT2D eigenvalue weighted by Crippen LogP contribution is 2.17. The number of ketones is 1. The van der Waals surface area contributed by atoms with E-state index in [1.165, 1.54) is 6.92 Å². The van der Waals surface area contributed by atoms with Gasteiger partial charge in [0, 0.05) is 24.3 Å². The Balaban J connectivity index is 2.05. The van der Waals surface area contributed by atoms with Gasteiger partial charge in [0.1, 0.15) is 6.04 Å². The van der Waals surface area contributed by atoms with Gasteiger partial charge in [-0.1, -0.05) is 13.8 Å². The van der Waals surface area contributed by atoms with Crippen molar-refractivity contribution in [2.75, 3.05) is 31.2 Å². The van der Waals surface area contributed by atoms with Gasteiger partial charge in [0.05, 0.1) is 19.3 Å². The molecule has 2 N–H and O–H groups in total. The summed E-state index contributed by atoms with van der Waals surface area (Å²) in [5.74, 6) is -1.24. The molecule has 1 fully saturated rings. The predicted molar refractivity (Wildman–Crippen MR) is 108 cm³/mol. The van der Waals surface area contributed by atoms with Crippen molar-refractivity contribution in [3.8, 4) is 6.07 Å². The topological polar surface area (TPSA) is 112 Å². The fourth-order valence-electron chi connectivity index (χ4n) is 3.06. The summed E-state index contributed by atoms with van der Waals surface area (Å²) in [4.78, 5) is 38.8. The standard InChI is InChI=1S/C21H28N4O4/c1-14(2)12-18(21(28)24-19(13-22)15(3)26)23-20(27)16-4-6-17(7-5-16)25-8-10-29-11-9-25/h4-7,14,18-19H,8-12H2,1-3H3,(H,23,27)(H,24,28)/t18?,19-/m0/s1. The van der Waals surface area contributed by atoms with Crippen molar-refractivity contribution in [1.82, 2.24) is 10.6 Å². The van der Waals surface area contributed by atoms with Crippen molar-refractivity contribution in [1.29, 1.82) is 5.26 Å². The van der Waals surface area contributed by atoms with Gasteiger partial charge in [0.2, 0.25) is 5.91 Å². The van der Waals surface area contributed by atoms with E-state index in [4.69, 9.17) is 10.00 Å². The molecule has 156 valence electrons. The number of nitrogens with one attached hydrogen (secondary N) is 2. The Morgan fingerprint density at radius 1 is 1.14 bits per heavy atom. The normalized spacial score (nSPS) is 15.9. The number of carbonyl (C=O) groups excluding carboxylic acids is 3. The van der Waals surface area contributed by atoms with Crippen LogP contribution >= 0.6 is 0 Å². The average molecular weight is 400 g/mol. The van der Waals surface area contributed by atoms with Gasteiger partial charge in [-0.2, -0.15) is 5.26 Å². The van der Waals surface area contributed by atoms with Crippen LogP contribution in [0.4, 0.5) is 5.69 Å². The summed E-state index contributed by atoms with van der Waals surface area (Å²) in [6.07, 6.45) is 0.388. The van der Waals surface area contributed by atoms with Crippen molar-refractivity contribution in [2.24, 2.45) is 5.92 Å². The van der Waals surface area contributed by atoms with E-state index in [2.05, 4.69) is 15.5 Å². The van der Waals surface area contributed by atoms with Crippen molar-refractivity contribution >= 4 is 23.3 Å². The molecule has 0 radical (unpaired) electrons. The number of anilines is 1. The number of nitrogens with zero attached hydrogens (tertiary/aromatic N) is 2. The van der Waals surface area contributed by atoms with Gasteiger partial charge in [-0.15, -0.1) is 0 Å². The zero-order valence-electron chi connectivity index (χ0n) is 17.1. The number of amides is 2. The first-order chi connectivity index (χ1) is 13.8. The first-order valence-corrected chi connectivity index (χ1v) is 9.76. The minimum absolute atomic E-state index is 0.132. The van der Waals surface area contributed by atoms with Crippen LogP contribution in [0.15, 0.2) is 24.3 Å². The molecule has 2 atom stereocenters. The lowest BCUT2D eigenvalue weighted by atomic mass is 10.0. The number of rotatable bonds is 8. The summed E-state index contributed by atoms with van der Waals surface area (Å²) in [5, 5.41) is 14.1. The zero-order valence-corrected chi connectivity index (χ0v) is 17.1. The maximum absolute atomic E-state index is 12.7. The lowest BCUT2D eigenvalue weighted by Gasteiger charge is -2.29. The van der Waals surface area contributed by atoms with Crippen LogP contribution in [0, 0.1) is 17.2 Å². The van der Waals surface area contributed by atoms with Gasteiger partial charge in [-0.3, -0.25) is 14.4 Å². The molecule has 8 heteroatoms. The molecule has 1 aliphatic rings. The number of morpholine rings is 1. The first-order valence-electron chi connectivity index (χ1n) is 9.76. The minimum atomic E-state index is -1.22. The summed E-state index contributed by atoms with van der Waals surface area (Å²) in [5.41, 5.74) is 1.45. The predicted octanol–water partition coefficient (Wildman–Crippen LogP) is 1.27. The van der Waals surface area contributed by atoms with Gasteiger partial charge in [0.15, 0.2) is 11.8 Å². The van der Waals surface area contributed by atoms with Crippen LogP contribution in [-0.4, -0.2) is 56.0 Å². The zero-order chi connectivity index (χ0) is 21.4. The molecule has 2 rings (SSSR count). The molecular weight excluding hydrogens is 372 g/mol. The fraction of sp³-hybridized carbons (Fsp3) is 0.524. The van der Waals surface area contributed by atoms with Crippen LogP contribution in [0.2, 0.25) is 0 Å². The van der Waals surface area contributed by atoms with Crippen molar-refractivity contribution in [3.63, 3.8) is 0 Å². The lowest BCUT2D eigenvalue weighted by molar-refractivity contribution is -0.127. The second-order valence-corrected chi connectivity index (χ2v) is 7.48. The van der Waals surface area contributed by atoms with Crippen molar-refractivity contribution in [2.45, 2.75) is 39.3 Å². The monoisotopic (exact) mass is 400 g/mol. The molecule has 0 bridgehead atoms. The maximum atomic E-state index is 12.7. The number of hydrogen-bond acceptors (Lipinski definition) is 6. The summed E-state index contributed by atoms with van der Waals surface area (Å²) >= 11 is 0. The van der Waals surface area contributed by atoms with Crippen molar-refractivity contribution < 1.29 is 19.1 Å². The molecule has 2 amide bonds. The number of benzene rings is 1. The quantitative estimate of drug-likeness (QED) is 0.680.